The Hall–Kier alpha value is -3.32. The second-order valence-electron chi connectivity index (χ2n) is 6.74. The van der Waals surface area contributed by atoms with Crippen LogP contribution in [0.3, 0.4) is 0 Å². The van der Waals surface area contributed by atoms with Crippen molar-refractivity contribution in [1.29, 1.82) is 0 Å². The van der Waals surface area contributed by atoms with E-state index in [1.807, 2.05) is 53.9 Å². The molecule has 1 fully saturated rings. The van der Waals surface area contributed by atoms with Gasteiger partial charge in [-0.25, -0.2) is 0 Å². The summed E-state index contributed by atoms with van der Waals surface area (Å²) in [6.07, 6.45) is 5.78. The van der Waals surface area contributed by atoms with Crippen molar-refractivity contribution in [3.63, 3.8) is 0 Å². The number of hydrogen-bond acceptors (Lipinski definition) is 5. The molecule has 4 aromatic rings. The van der Waals surface area contributed by atoms with Gasteiger partial charge in [0, 0.05) is 17.6 Å². The fraction of sp³-hybridized carbons (Fsp3) is 0.143. The highest BCUT2D eigenvalue weighted by molar-refractivity contribution is 7.14. The van der Waals surface area contributed by atoms with Crippen LogP contribution in [-0.2, 0) is 0 Å². The second kappa shape index (κ2) is 7.01. The lowest BCUT2D eigenvalue weighted by atomic mass is 10.1. The van der Waals surface area contributed by atoms with E-state index in [9.17, 15) is 4.79 Å². The fourth-order valence-corrected chi connectivity index (χ4v) is 3.95. The Balaban J connectivity index is 1.35. The van der Waals surface area contributed by atoms with Crippen molar-refractivity contribution < 1.29 is 4.79 Å². The van der Waals surface area contributed by atoms with Crippen LogP contribution in [-0.4, -0.2) is 25.7 Å². The summed E-state index contributed by atoms with van der Waals surface area (Å²) in [7, 11) is 0. The quantitative estimate of drug-likeness (QED) is 0.541. The van der Waals surface area contributed by atoms with E-state index in [0.29, 0.717) is 11.7 Å². The van der Waals surface area contributed by atoms with Gasteiger partial charge < -0.3 is 9.88 Å². The van der Waals surface area contributed by atoms with Crippen molar-refractivity contribution in [2.75, 3.05) is 5.32 Å². The molecule has 0 bridgehead atoms. The topological polar surface area (TPSA) is 72.7 Å². The maximum atomic E-state index is 12.7. The maximum Gasteiger partial charge on any atom is 0.274 e. The molecule has 1 saturated carbocycles. The Kier molecular flexibility index (Phi) is 4.21. The number of thiophene rings is 1. The summed E-state index contributed by atoms with van der Waals surface area (Å²) in [6, 6.07) is 16.1. The maximum absolute atomic E-state index is 12.7. The molecule has 6 nitrogen and oxygen atoms in total. The molecule has 0 radical (unpaired) electrons. The van der Waals surface area contributed by atoms with Crippen LogP contribution >= 0.6 is 11.3 Å². The molecule has 28 heavy (non-hydrogen) atoms. The Bertz CT molecular complexity index is 1130. The summed E-state index contributed by atoms with van der Waals surface area (Å²) < 4.78 is 2.11. The van der Waals surface area contributed by atoms with Gasteiger partial charge >= 0.3 is 0 Å². The molecular formula is C21H17N5OS. The lowest BCUT2D eigenvalue weighted by molar-refractivity contribution is 0.102. The van der Waals surface area contributed by atoms with Gasteiger partial charge in [0.05, 0.1) is 10.6 Å². The minimum absolute atomic E-state index is 0.231. The van der Waals surface area contributed by atoms with Crippen LogP contribution in [0.1, 0.15) is 29.4 Å². The predicted octanol–water partition coefficient (Wildman–Crippen LogP) is 4.66. The summed E-state index contributed by atoms with van der Waals surface area (Å²) in [6.45, 7) is 0. The van der Waals surface area contributed by atoms with E-state index in [2.05, 4.69) is 25.1 Å². The molecule has 5 rings (SSSR count). The number of benzene rings is 1. The summed E-state index contributed by atoms with van der Waals surface area (Å²) in [4.78, 5) is 17.9. The number of carbonyl (C=O) groups is 1. The van der Waals surface area contributed by atoms with Crippen LogP contribution in [0.25, 0.3) is 21.8 Å². The first-order chi connectivity index (χ1) is 13.8. The number of pyridine rings is 1. The number of aromatic nitrogens is 4. The number of nitrogens with zero attached hydrogens (tertiary/aromatic N) is 4. The average Bonchev–Trinajstić information content (AvgIpc) is 3.28. The highest BCUT2D eigenvalue weighted by atomic mass is 32.1. The van der Waals surface area contributed by atoms with E-state index in [1.165, 1.54) is 12.8 Å². The zero-order valence-electron chi connectivity index (χ0n) is 14.9. The highest BCUT2D eigenvalue weighted by Crippen LogP contribution is 2.39. The van der Waals surface area contributed by atoms with Crippen molar-refractivity contribution in [2.45, 2.75) is 18.9 Å². The second-order valence-corrected chi connectivity index (χ2v) is 7.65. The summed E-state index contributed by atoms with van der Waals surface area (Å²) in [5.74, 6) is 0.628. The van der Waals surface area contributed by atoms with Gasteiger partial charge in [-0.15, -0.1) is 21.5 Å². The molecule has 7 heteroatoms. The van der Waals surface area contributed by atoms with Gasteiger partial charge in [-0.3, -0.25) is 9.78 Å². The van der Waals surface area contributed by atoms with E-state index in [-0.39, 0.29) is 5.91 Å². The van der Waals surface area contributed by atoms with Crippen LogP contribution < -0.4 is 5.32 Å². The molecular weight excluding hydrogens is 370 g/mol. The summed E-state index contributed by atoms with van der Waals surface area (Å²) in [5, 5.41) is 13.1. The Morgan fingerprint density at radius 3 is 2.79 bits per heavy atom. The molecule has 0 aliphatic heterocycles. The van der Waals surface area contributed by atoms with Crippen molar-refractivity contribution >= 4 is 22.9 Å². The van der Waals surface area contributed by atoms with Crippen LogP contribution in [0, 0.1) is 0 Å². The lowest BCUT2D eigenvalue weighted by Gasteiger charge is -2.05. The molecule has 3 aromatic heterocycles. The third-order valence-electron chi connectivity index (χ3n) is 4.69. The number of amides is 1. The first-order valence-corrected chi connectivity index (χ1v) is 9.97. The molecule has 3 heterocycles. The SMILES string of the molecule is O=C(Nc1csc(-c2nncn2C2CC2)c1)c1cc(-c2ccccc2)ccn1. The average molecular weight is 387 g/mol. The smallest absolute Gasteiger partial charge is 0.274 e. The van der Waals surface area contributed by atoms with Gasteiger partial charge in [-0.2, -0.15) is 0 Å². The van der Waals surface area contributed by atoms with Crippen molar-refractivity contribution in [3.05, 3.63) is 72.1 Å². The normalized spacial score (nSPS) is 13.4. The van der Waals surface area contributed by atoms with Gasteiger partial charge in [0.15, 0.2) is 5.82 Å². The van der Waals surface area contributed by atoms with Crippen molar-refractivity contribution in [3.8, 4) is 21.8 Å². The molecule has 0 atom stereocenters. The van der Waals surface area contributed by atoms with Gasteiger partial charge in [0.25, 0.3) is 5.91 Å². The minimum atomic E-state index is -0.231. The van der Waals surface area contributed by atoms with Gasteiger partial charge in [-0.05, 0) is 42.2 Å². The third kappa shape index (κ3) is 3.32. The monoisotopic (exact) mass is 387 g/mol. The van der Waals surface area contributed by atoms with Gasteiger partial charge in [0.2, 0.25) is 0 Å². The standard InChI is InChI=1S/C21H17N5OS/c27-21(18-10-15(8-9-22-18)14-4-2-1-3-5-14)24-16-11-19(28-12-16)20-25-23-13-26(20)17-6-7-17/h1-5,8-13,17H,6-7H2,(H,24,27). The Labute approximate surface area is 165 Å². The van der Waals surface area contributed by atoms with Crippen molar-refractivity contribution in [1.82, 2.24) is 19.7 Å². The molecule has 0 spiro atoms. The summed E-state index contributed by atoms with van der Waals surface area (Å²) in [5.41, 5.74) is 3.14. The van der Waals surface area contributed by atoms with E-state index >= 15 is 0 Å². The molecule has 138 valence electrons. The molecule has 0 unspecified atom stereocenters. The van der Waals surface area contributed by atoms with Gasteiger partial charge in [0.1, 0.15) is 12.0 Å². The van der Waals surface area contributed by atoms with E-state index in [0.717, 1.165) is 27.5 Å². The zero-order chi connectivity index (χ0) is 18.9. The largest absolute Gasteiger partial charge is 0.320 e. The first-order valence-electron chi connectivity index (χ1n) is 9.09. The third-order valence-corrected chi connectivity index (χ3v) is 5.62. The molecule has 1 N–H and O–H groups in total. The number of anilines is 1. The van der Waals surface area contributed by atoms with Crippen LogP contribution in [0.15, 0.2) is 66.4 Å². The van der Waals surface area contributed by atoms with Crippen LogP contribution in [0.5, 0.6) is 0 Å². The fourth-order valence-electron chi connectivity index (χ4n) is 3.12. The Morgan fingerprint density at radius 1 is 1.11 bits per heavy atom. The Morgan fingerprint density at radius 2 is 1.96 bits per heavy atom. The minimum Gasteiger partial charge on any atom is -0.320 e. The molecule has 0 saturated heterocycles. The predicted molar refractivity (Wildman–Crippen MR) is 109 cm³/mol. The number of hydrogen-bond donors (Lipinski definition) is 1. The lowest BCUT2D eigenvalue weighted by Crippen LogP contribution is -2.13. The molecule has 1 aliphatic rings. The number of rotatable bonds is 5. The van der Waals surface area contributed by atoms with Crippen LogP contribution in [0.4, 0.5) is 5.69 Å². The van der Waals surface area contributed by atoms with Crippen molar-refractivity contribution in [2.24, 2.45) is 0 Å². The van der Waals surface area contributed by atoms with Gasteiger partial charge in [-0.1, -0.05) is 30.3 Å². The highest BCUT2D eigenvalue weighted by Gasteiger charge is 2.27. The summed E-state index contributed by atoms with van der Waals surface area (Å²) >= 11 is 1.55. The number of carbonyl (C=O) groups excluding carboxylic acids is 1. The van der Waals surface area contributed by atoms with Crippen LogP contribution in [0.2, 0.25) is 0 Å². The molecule has 1 amide bonds. The van der Waals surface area contributed by atoms with E-state index < -0.39 is 0 Å². The first kappa shape index (κ1) is 16.8. The van der Waals surface area contributed by atoms with E-state index in [1.54, 1.807) is 23.9 Å². The van der Waals surface area contributed by atoms with E-state index in [4.69, 9.17) is 0 Å². The molecule has 1 aromatic carbocycles. The number of nitrogens with one attached hydrogen (secondary N) is 1. The molecule has 1 aliphatic carbocycles. The zero-order valence-corrected chi connectivity index (χ0v) is 15.8.